The SMILES string of the molecule is Cc1cccc(COc2ccc(Cl)cc2/C=N\NC(=O)C(C)(C)O)c1. The number of aryl methyl sites for hydroxylation is 1. The van der Waals surface area contributed by atoms with Gasteiger partial charge in [-0.25, -0.2) is 5.43 Å². The van der Waals surface area contributed by atoms with E-state index in [4.69, 9.17) is 16.3 Å². The van der Waals surface area contributed by atoms with Crippen molar-refractivity contribution >= 4 is 23.7 Å². The van der Waals surface area contributed by atoms with Crippen LogP contribution in [-0.4, -0.2) is 22.8 Å². The molecule has 0 aromatic heterocycles. The van der Waals surface area contributed by atoms with E-state index in [2.05, 4.69) is 10.5 Å². The second kappa shape index (κ2) is 8.14. The van der Waals surface area contributed by atoms with Gasteiger partial charge in [0.15, 0.2) is 0 Å². The largest absolute Gasteiger partial charge is 0.488 e. The first-order chi connectivity index (χ1) is 11.8. The fourth-order valence-corrected chi connectivity index (χ4v) is 2.19. The zero-order chi connectivity index (χ0) is 18.4. The highest BCUT2D eigenvalue weighted by molar-refractivity contribution is 6.30. The first-order valence-electron chi connectivity index (χ1n) is 7.79. The van der Waals surface area contributed by atoms with Crippen LogP contribution in [0.5, 0.6) is 5.75 Å². The summed E-state index contributed by atoms with van der Waals surface area (Å²) in [4.78, 5) is 11.6. The summed E-state index contributed by atoms with van der Waals surface area (Å²) in [5, 5.41) is 14.0. The number of carbonyl (C=O) groups excluding carboxylic acids is 1. The smallest absolute Gasteiger partial charge is 0.271 e. The van der Waals surface area contributed by atoms with Crippen molar-refractivity contribution in [3.05, 3.63) is 64.2 Å². The van der Waals surface area contributed by atoms with Crippen molar-refractivity contribution in [2.45, 2.75) is 33.0 Å². The summed E-state index contributed by atoms with van der Waals surface area (Å²) < 4.78 is 5.85. The fourth-order valence-electron chi connectivity index (χ4n) is 2.01. The zero-order valence-electron chi connectivity index (χ0n) is 14.4. The van der Waals surface area contributed by atoms with Gasteiger partial charge in [0.1, 0.15) is 18.0 Å². The lowest BCUT2D eigenvalue weighted by molar-refractivity contribution is -0.136. The Morgan fingerprint density at radius 1 is 1.32 bits per heavy atom. The van der Waals surface area contributed by atoms with Gasteiger partial charge in [0.25, 0.3) is 5.91 Å². The highest BCUT2D eigenvalue weighted by Gasteiger charge is 2.22. The molecule has 0 fully saturated rings. The zero-order valence-corrected chi connectivity index (χ0v) is 15.2. The molecule has 0 aliphatic carbocycles. The maximum atomic E-state index is 11.6. The van der Waals surface area contributed by atoms with Crippen LogP contribution < -0.4 is 10.2 Å². The van der Waals surface area contributed by atoms with Gasteiger partial charge in [-0.1, -0.05) is 41.4 Å². The molecule has 0 saturated heterocycles. The van der Waals surface area contributed by atoms with Gasteiger partial charge in [-0.3, -0.25) is 4.79 Å². The number of benzene rings is 2. The van der Waals surface area contributed by atoms with E-state index in [-0.39, 0.29) is 0 Å². The van der Waals surface area contributed by atoms with E-state index >= 15 is 0 Å². The lowest BCUT2D eigenvalue weighted by Gasteiger charge is -2.14. The topological polar surface area (TPSA) is 70.9 Å². The van der Waals surface area contributed by atoms with E-state index < -0.39 is 11.5 Å². The Bertz CT molecular complexity index is 782. The Balaban J connectivity index is 2.10. The van der Waals surface area contributed by atoms with Crippen molar-refractivity contribution < 1.29 is 14.6 Å². The number of aliphatic hydroxyl groups is 1. The monoisotopic (exact) mass is 360 g/mol. The van der Waals surface area contributed by atoms with E-state index in [1.54, 1.807) is 18.2 Å². The van der Waals surface area contributed by atoms with Crippen molar-refractivity contribution in [3.8, 4) is 5.75 Å². The molecule has 2 aromatic rings. The number of ether oxygens (including phenoxy) is 1. The third-order valence-corrected chi connectivity index (χ3v) is 3.61. The Morgan fingerprint density at radius 2 is 2.08 bits per heavy atom. The number of carbonyl (C=O) groups is 1. The minimum absolute atomic E-state index is 0.403. The number of halogens is 1. The highest BCUT2D eigenvalue weighted by atomic mass is 35.5. The molecule has 0 spiro atoms. The standard InChI is InChI=1S/C19H21ClN2O3/c1-13-5-4-6-14(9-13)12-25-17-8-7-16(20)10-15(17)11-21-22-18(23)19(2,3)24/h4-11,24H,12H2,1-3H3,(H,22,23)/b21-11-. The summed E-state index contributed by atoms with van der Waals surface area (Å²) in [6.45, 7) is 5.19. The van der Waals surface area contributed by atoms with Crippen molar-refractivity contribution in [1.82, 2.24) is 5.43 Å². The van der Waals surface area contributed by atoms with Crippen LogP contribution >= 0.6 is 11.6 Å². The second-order valence-electron chi connectivity index (χ2n) is 6.22. The summed E-state index contributed by atoms with van der Waals surface area (Å²) >= 11 is 6.02. The molecular formula is C19H21ClN2O3. The normalized spacial score (nSPS) is 11.6. The molecule has 0 saturated carbocycles. The molecule has 2 rings (SSSR count). The second-order valence-corrected chi connectivity index (χ2v) is 6.65. The van der Waals surface area contributed by atoms with Crippen LogP contribution in [0.4, 0.5) is 0 Å². The van der Waals surface area contributed by atoms with E-state index in [1.165, 1.54) is 20.1 Å². The number of rotatable bonds is 6. The minimum Gasteiger partial charge on any atom is -0.488 e. The van der Waals surface area contributed by atoms with Gasteiger partial charge in [-0.15, -0.1) is 0 Å². The van der Waals surface area contributed by atoms with Crippen LogP contribution in [0.2, 0.25) is 5.02 Å². The Morgan fingerprint density at radius 3 is 2.76 bits per heavy atom. The van der Waals surface area contributed by atoms with Crippen molar-refractivity contribution in [3.63, 3.8) is 0 Å². The molecule has 2 N–H and O–H groups in total. The lowest BCUT2D eigenvalue weighted by atomic mass is 10.1. The molecule has 0 aliphatic rings. The molecule has 0 bridgehead atoms. The summed E-state index contributed by atoms with van der Waals surface area (Å²) in [5.41, 5.74) is 3.61. The Kier molecular flexibility index (Phi) is 6.17. The number of nitrogens with zero attached hydrogens (tertiary/aromatic N) is 1. The maximum Gasteiger partial charge on any atom is 0.271 e. The van der Waals surface area contributed by atoms with Gasteiger partial charge >= 0.3 is 0 Å². The maximum absolute atomic E-state index is 11.6. The van der Waals surface area contributed by atoms with Crippen molar-refractivity contribution in [1.29, 1.82) is 0 Å². The molecule has 0 radical (unpaired) electrons. The molecule has 2 aromatic carbocycles. The van der Waals surface area contributed by atoms with E-state index in [0.29, 0.717) is 22.9 Å². The predicted molar refractivity (Wildman–Crippen MR) is 99.0 cm³/mol. The molecule has 132 valence electrons. The number of hydrogen-bond acceptors (Lipinski definition) is 4. The quantitative estimate of drug-likeness (QED) is 0.612. The number of amides is 1. The summed E-state index contributed by atoms with van der Waals surface area (Å²) in [5.74, 6) is -0.0137. The first kappa shape index (κ1) is 19.0. The van der Waals surface area contributed by atoms with Crippen LogP contribution in [0.15, 0.2) is 47.6 Å². The summed E-state index contributed by atoms with van der Waals surface area (Å²) in [6, 6.07) is 13.2. The molecule has 0 heterocycles. The molecular weight excluding hydrogens is 340 g/mol. The van der Waals surface area contributed by atoms with Crippen molar-refractivity contribution in [2.24, 2.45) is 5.10 Å². The molecule has 0 atom stereocenters. The van der Waals surface area contributed by atoms with Crippen molar-refractivity contribution in [2.75, 3.05) is 0 Å². The van der Waals surface area contributed by atoms with Gasteiger partial charge in [-0.2, -0.15) is 5.10 Å². The molecule has 6 heteroatoms. The average molecular weight is 361 g/mol. The number of hydrogen-bond donors (Lipinski definition) is 2. The molecule has 0 unspecified atom stereocenters. The lowest BCUT2D eigenvalue weighted by Crippen LogP contribution is -2.39. The van der Waals surface area contributed by atoms with E-state index in [1.807, 2.05) is 31.2 Å². The molecule has 1 amide bonds. The van der Waals surface area contributed by atoms with Crippen LogP contribution in [0, 0.1) is 6.92 Å². The highest BCUT2D eigenvalue weighted by Crippen LogP contribution is 2.22. The van der Waals surface area contributed by atoms with Gasteiger partial charge in [-0.05, 0) is 44.5 Å². The molecule has 0 aliphatic heterocycles. The number of hydrazone groups is 1. The average Bonchev–Trinajstić information content (AvgIpc) is 2.53. The third kappa shape index (κ3) is 5.89. The first-order valence-corrected chi connectivity index (χ1v) is 8.17. The number of nitrogens with one attached hydrogen (secondary N) is 1. The van der Waals surface area contributed by atoms with Gasteiger partial charge < -0.3 is 9.84 Å². The van der Waals surface area contributed by atoms with E-state index in [0.717, 1.165) is 11.1 Å². The fraction of sp³-hybridized carbons (Fsp3) is 0.263. The molecule has 25 heavy (non-hydrogen) atoms. The van der Waals surface area contributed by atoms with Gasteiger partial charge in [0, 0.05) is 10.6 Å². The van der Waals surface area contributed by atoms with Gasteiger partial charge in [0.2, 0.25) is 0 Å². The Labute approximate surface area is 152 Å². The van der Waals surface area contributed by atoms with Crippen LogP contribution in [0.3, 0.4) is 0 Å². The Hall–Kier alpha value is -2.37. The summed E-state index contributed by atoms with van der Waals surface area (Å²) in [6.07, 6.45) is 1.43. The van der Waals surface area contributed by atoms with Crippen LogP contribution in [0.25, 0.3) is 0 Å². The van der Waals surface area contributed by atoms with Crippen LogP contribution in [0.1, 0.15) is 30.5 Å². The van der Waals surface area contributed by atoms with Gasteiger partial charge in [0.05, 0.1) is 6.21 Å². The van der Waals surface area contributed by atoms with Crippen LogP contribution in [-0.2, 0) is 11.4 Å². The third-order valence-electron chi connectivity index (χ3n) is 3.37. The molecule has 5 nitrogen and oxygen atoms in total. The van der Waals surface area contributed by atoms with E-state index in [9.17, 15) is 9.90 Å². The summed E-state index contributed by atoms with van der Waals surface area (Å²) in [7, 11) is 0. The minimum atomic E-state index is -1.50. The predicted octanol–water partition coefficient (Wildman–Crippen LogP) is 3.45.